The zero-order valence-electron chi connectivity index (χ0n) is 15.5. The SMILES string of the molecule is O=S(=O)(C1CCOCC1)N1C[C@@H]2CC(O)(c3cc(Cl)cc4cn[nH]c34)C[C@H]2C1. The van der Waals surface area contributed by atoms with E-state index in [1.54, 1.807) is 16.6 Å². The molecule has 5 rings (SSSR count). The molecule has 3 aliphatic rings. The number of aliphatic hydroxyl groups is 1. The molecule has 9 heteroatoms. The number of fused-ring (bicyclic) bond motifs is 2. The average molecular weight is 426 g/mol. The standard InChI is InChI=1S/C19H24ClN3O4S/c20-15-5-12-9-21-22-18(12)17(6-15)19(24)7-13-10-23(11-14(13)8-19)28(25,26)16-1-3-27-4-2-16/h5-6,9,13-14,16,24H,1-4,7-8,10-11H2,(H,21,22)/t13-,14-/m0/s1. The van der Waals surface area contributed by atoms with E-state index in [0.717, 1.165) is 16.5 Å². The molecular weight excluding hydrogens is 402 g/mol. The van der Waals surface area contributed by atoms with Crippen LogP contribution in [0.5, 0.6) is 0 Å². The third-order valence-electron chi connectivity index (χ3n) is 6.71. The molecule has 1 aromatic heterocycles. The van der Waals surface area contributed by atoms with Crippen molar-refractivity contribution < 1.29 is 18.3 Å². The normalized spacial score (nSPS) is 28.8. The number of nitrogens with one attached hydrogen (secondary N) is 1. The fourth-order valence-corrected chi connectivity index (χ4v) is 7.54. The highest BCUT2D eigenvalue weighted by atomic mass is 35.5. The molecule has 28 heavy (non-hydrogen) atoms. The quantitative estimate of drug-likeness (QED) is 0.786. The van der Waals surface area contributed by atoms with Gasteiger partial charge in [-0.3, -0.25) is 5.10 Å². The maximum atomic E-state index is 13.0. The Hall–Kier alpha value is -1.19. The second-order valence-electron chi connectivity index (χ2n) is 8.42. The van der Waals surface area contributed by atoms with Crippen molar-refractivity contribution in [1.29, 1.82) is 0 Å². The number of H-pyrrole nitrogens is 1. The van der Waals surface area contributed by atoms with Gasteiger partial charge in [0.2, 0.25) is 10.0 Å². The summed E-state index contributed by atoms with van der Waals surface area (Å²) in [6.07, 6.45) is 3.90. The van der Waals surface area contributed by atoms with Crippen molar-refractivity contribution in [1.82, 2.24) is 14.5 Å². The summed E-state index contributed by atoms with van der Waals surface area (Å²) in [5.74, 6) is 0.299. The summed E-state index contributed by atoms with van der Waals surface area (Å²) < 4.78 is 33.0. The molecule has 2 N–H and O–H groups in total. The van der Waals surface area contributed by atoms with Crippen LogP contribution in [0.4, 0.5) is 0 Å². The van der Waals surface area contributed by atoms with Gasteiger partial charge in [-0.2, -0.15) is 5.10 Å². The van der Waals surface area contributed by atoms with Crippen LogP contribution < -0.4 is 0 Å². The van der Waals surface area contributed by atoms with Gasteiger partial charge in [-0.25, -0.2) is 12.7 Å². The Morgan fingerprint density at radius 3 is 2.57 bits per heavy atom. The van der Waals surface area contributed by atoms with Gasteiger partial charge in [0.25, 0.3) is 0 Å². The zero-order valence-corrected chi connectivity index (χ0v) is 17.0. The number of rotatable bonds is 3. The molecule has 1 aromatic carbocycles. The molecule has 2 aliphatic heterocycles. The largest absolute Gasteiger partial charge is 0.385 e. The molecular formula is C19H24ClN3O4S. The van der Waals surface area contributed by atoms with Crippen LogP contribution in [-0.2, 0) is 20.4 Å². The number of aromatic amines is 1. The number of sulfonamides is 1. The molecule has 7 nitrogen and oxygen atoms in total. The zero-order chi connectivity index (χ0) is 19.5. The lowest BCUT2D eigenvalue weighted by atomic mass is 9.89. The number of ether oxygens (including phenoxy) is 1. The molecule has 0 spiro atoms. The highest BCUT2D eigenvalue weighted by Gasteiger charge is 2.52. The second kappa shape index (κ2) is 6.67. The molecule has 3 fully saturated rings. The predicted octanol–water partition coefficient (Wildman–Crippen LogP) is 2.25. The maximum absolute atomic E-state index is 13.0. The van der Waals surface area contributed by atoms with Crippen LogP contribution in [-0.4, -0.2) is 59.6 Å². The number of halogens is 1. The minimum absolute atomic E-state index is 0.150. The van der Waals surface area contributed by atoms with Gasteiger partial charge in [-0.1, -0.05) is 11.6 Å². The van der Waals surface area contributed by atoms with E-state index in [4.69, 9.17) is 16.3 Å². The lowest BCUT2D eigenvalue weighted by molar-refractivity contribution is 0.0351. The fourth-order valence-electron chi connectivity index (χ4n) is 5.31. The Labute approximate surface area is 169 Å². The van der Waals surface area contributed by atoms with Crippen molar-refractivity contribution in [2.45, 2.75) is 36.5 Å². The van der Waals surface area contributed by atoms with E-state index >= 15 is 0 Å². The van der Waals surface area contributed by atoms with E-state index in [1.807, 2.05) is 6.07 Å². The van der Waals surface area contributed by atoms with E-state index < -0.39 is 15.6 Å². The summed E-state index contributed by atoms with van der Waals surface area (Å²) in [4.78, 5) is 0. The Kier molecular flexibility index (Phi) is 4.48. The van der Waals surface area contributed by atoms with Gasteiger partial charge in [0.1, 0.15) is 0 Å². The van der Waals surface area contributed by atoms with E-state index in [9.17, 15) is 13.5 Å². The monoisotopic (exact) mass is 425 g/mol. The Morgan fingerprint density at radius 1 is 1.21 bits per heavy atom. The van der Waals surface area contributed by atoms with Crippen LogP contribution in [0, 0.1) is 11.8 Å². The first-order valence-electron chi connectivity index (χ1n) is 9.79. The average Bonchev–Trinajstić information content (AvgIpc) is 3.35. The number of benzene rings is 1. The predicted molar refractivity (Wildman–Crippen MR) is 106 cm³/mol. The molecule has 2 aromatic rings. The molecule has 152 valence electrons. The third kappa shape index (κ3) is 2.97. The third-order valence-corrected chi connectivity index (χ3v) is 9.26. The smallest absolute Gasteiger partial charge is 0.217 e. The van der Waals surface area contributed by atoms with Crippen LogP contribution in [0.1, 0.15) is 31.2 Å². The molecule has 2 saturated heterocycles. The van der Waals surface area contributed by atoms with Gasteiger partial charge < -0.3 is 9.84 Å². The van der Waals surface area contributed by atoms with Gasteiger partial charge in [-0.15, -0.1) is 0 Å². The van der Waals surface area contributed by atoms with Crippen molar-refractivity contribution in [3.63, 3.8) is 0 Å². The summed E-state index contributed by atoms with van der Waals surface area (Å²) in [5.41, 5.74) is 0.554. The van der Waals surface area contributed by atoms with Crippen LogP contribution >= 0.6 is 11.6 Å². The lowest BCUT2D eigenvalue weighted by Crippen LogP contribution is -2.41. The highest BCUT2D eigenvalue weighted by Crippen LogP contribution is 2.51. The van der Waals surface area contributed by atoms with E-state index in [0.29, 0.717) is 57.0 Å². The minimum Gasteiger partial charge on any atom is -0.385 e. The molecule has 0 amide bonds. The first-order chi connectivity index (χ1) is 13.4. The summed E-state index contributed by atoms with van der Waals surface area (Å²) in [6, 6.07) is 3.63. The summed E-state index contributed by atoms with van der Waals surface area (Å²) in [5, 5.41) is 19.6. The molecule has 3 heterocycles. The number of hydrogen-bond donors (Lipinski definition) is 2. The minimum atomic E-state index is -3.30. The van der Waals surface area contributed by atoms with Crippen molar-refractivity contribution in [2.24, 2.45) is 11.8 Å². The van der Waals surface area contributed by atoms with Crippen LogP contribution in [0.3, 0.4) is 0 Å². The second-order valence-corrected chi connectivity index (χ2v) is 11.1. The molecule has 1 aliphatic carbocycles. The van der Waals surface area contributed by atoms with Gasteiger partial charge >= 0.3 is 0 Å². The summed E-state index contributed by atoms with van der Waals surface area (Å²) >= 11 is 6.26. The highest BCUT2D eigenvalue weighted by molar-refractivity contribution is 7.89. The van der Waals surface area contributed by atoms with Gasteiger partial charge in [0.05, 0.1) is 22.6 Å². The Morgan fingerprint density at radius 2 is 1.89 bits per heavy atom. The molecule has 0 bridgehead atoms. The van der Waals surface area contributed by atoms with Crippen LogP contribution in [0.25, 0.3) is 10.9 Å². The van der Waals surface area contributed by atoms with E-state index in [2.05, 4.69) is 10.2 Å². The van der Waals surface area contributed by atoms with Crippen molar-refractivity contribution in [3.05, 3.63) is 28.9 Å². The Balaban J connectivity index is 1.37. The van der Waals surface area contributed by atoms with Gasteiger partial charge in [0, 0.05) is 42.3 Å². The topological polar surface area (TPSA) is 95.5 Å². The molecule has 1 saturated carbocycles. The number of aromatic nitrogens is 2. The first kappa shape index (κ1) is 18.8. The molecule has 0 radical (unpaired) electrons. The Bertz CT molecular complexity index is 988. The number of nitrogens with zero attached hydrogens (tertiary/aromatic N) is 2. The summed E-state index contributed by atoms with van der Waals surface area (Å²) in [6.45, 7) is 2.00. The molecule has 2 atom stereocenters. The molecule has 0 unspecified atom stereocenters. The van der Waals surface area contributed by atoms with Crippen molar-refractivity contribution >= 4 is 32.5 Å². The lowest BCUT2D eigenvalue weighted by Gasteiger charge is -2.29. The van der Waals surface area contributed by atoms with Gasteiger partial charge in [0.15, 0.2) is 0 Å². The van der Waals surface area contributed by atoms with Crippen LogP contribution in [0.15, 0.2) is 18.3 Å². The first-order valence-corrected chi connectivity index (χ1v) is 11.7. The number of hydrogen-bond acceptors (Lipinski definition) is 5. The summed E-state index contributed by atoms with van der Waals surface area (Å²) in [7, 11) is -3.30. The fraction of sp³-hybridized carbons (Fsp3) is 0.632. The van der Waals surface area contributed by atoms with Crippen molar-refractivity contribution in [2.75, 3.05) is 26.3 Å². The van der Waals surface area contributed by atoms with Crippen LogP contribution in [0.2, 0.25) is 5.02 Å². The van der Waals surface area contributed by atoms with E-state index in [1.165, 1.54) is 0 Å². The van der Waals surface area contributed by atoms with E-state index in [-0.39, 0.29) is 17.1 Å². The van der Waals surface area contributed by atoms with Crippen molar-refractivity contribution in [3.8, 4) is 0 Å². The van der Waals surface area contributed by atoms with Gasteiger partial charge in [-0.05, 0) is 49.7 Å². The maximum Gasteiger partial charge on any atom is 0.217 e.